The summed E-state index contributed by atoms with van der Waals surface area (Å²) in [6.45, 7) is 0.297. The number of nitrogens with two attached hydrogens (primary N) is 1. The van der Waals surface area contributed by atoms with E-state index in [9.17, 15) is 18.0 Å². The third-order valence-electron chi connectivity index (χ3n) is 2.01. The van der Waals surface area contributed by atoms with Gasteiger partial charge in [0.2, 0.25) is 5.91 Å². The van der Waals surface area contributed by atoms with Gasteiger partial charge in [-0.1, -0.05) is 0 Å². The number of carbonyl (C=O) groups excluding carboxylic acids is 1. The van der Waals surface area contributed by atoms with Crippen molar-refractivity contribution in [2.24, 2.45) is 5.73 Å². The number of hydrogen-bond donors (Lipinski definition) is 1. The molecule has 0 fully saturated rings. The van der Waals surface area contributed by atoms with Crippen LogP contribution in [0.5, 0.6) is 0 Å². The molecular weight excluding hydrogens is 241 g/mol. The van der Waals surface area contributed by atoms with E-state index in [1.165, 1.54) is 18.7 Å². The van der Waals surface area contributed by atoms with Crippen LogP contribution >= 0.6 is 11.8 Å². The van der Waals surface area contributed by atoms with E-state index in [-0.39, 0.29) is 6.54 Å². The predicted octanol–water partition coefficient (Wildman–Crippen LogP) is 1.48. The zero-order chi connectivity index (χ0) is 12.8. The average Bonchev–Trinajstić information content (AvgIpc) is 2.20. The quantitative estimate of drug-likeness (QED) is 0.785. The summed E-state index contributed by atoms with van der Waals surface area (Å²) in [6, 6.07) is -0.838. The molecule has 1 atom stereocenters. The zero-order valence-electron chi connectivity index (χ0n) is 9.38. The fourth-order valence-electron chi connectivity index (χ4n) is 1.16. The van der Waals surface area contributed by atoms with Crippen LogP contribution in [0.2, 0.25) is 0 Å². The molecule has 16 heavy (non-hydrogen) atoms. The second kappa shape index (κ2) is 7.01. The second-order valence-corrected chi connectivity index (χ2v) is 4.34. The molecule has 0 saturated heterocycles. The first-order valence-corrected chi connectivity index (χ1v) is 6.31. The molecule has 96 valence electrons. The van der Waals surface area contributed by atoms with Crippen molar-refractivity contribution in [3.05, 3.63) is 0 Å². The number of thioether (sulfide) groups is 1. The topological polar surface area (TPSA) is 46.3 Å². The van der Waals surface area contributed by atoms with Crippen LogP contribution in [0.1, 0.15) is 13.3 Å². The fourth-order valence-corrected chi connectivity index (χ4v) is 1.65. The maximum Gasteiger partial charge on any atom is 0.406 e. The van der Waals surface area contributed by atoms with Gasteiger partial charge < -0.3 is 10.6 Å². The first kappa shape index (κ1) is 15.6. The van der Waals surface area contributed by atoms with Crippen molar-refractivity contribution in [1.29, 1.82) is 0 Å². The minimum atomic E-state index is -4.37. The maximum atomic E-state index is 12.1. The molecule has 0 aliphatic heterocycles. The summed E-state index contributed by atoms with van der Waals surface area (Å²) < 4.78 is 36.4. The molecule has 0 saturated carbocycles. The predicted molar refractivity (Wildman–Crippen MR) is 59.3 cm³/mol. The Morgan fingerprint density at radius 2 is 2.06 bits per heavy atom. The monoisotopic (exact) mass is 258 g/mol. The van der Waals surface area contributed by atoms with Crippen LogP contribution in [-0.4, -0.2) is 48.1 Å². The van der Waals surface area contributed by atoms with Crippen LogP contribution in [0.25, 0.3) is 0 Å². The Labute approximate surface area is 97.5 Å². The number of amides is 1. The van der Waals surface area contributed by atoms with Crippen LogP contribution < -0.4 is 5.73 Å². The standard InChI is InChI=1S/C9H17F3N2OS/c1-3-14(6-9(10,11)12)8(15)7(13)4-5-16-2/h7H,3-6,13H2,1-2H3/t7-/m0/s1. The highest BCUT2D eigenvalue weighted by Gasteiger charge is 2.33. The number of likely N-dealkylation sites (N-methyl/N-ethyl adjacent to an activating group) is 1. The van der Waals surface area contributed by atoms with E-state index in [2.05, 4.69) is 0 Å². The van der Waals surface area contributed by atoms with Gasteiger partial charge in [0.1, 0.15) is 6.54 Å². The van der Waals surface area contributed by atoms with Crippen molar-refractivity contribution in [2.45, 2.75) is 25.6 Å². The summed E-state index contributed by atoms with van der Waals surface area (Å²) in [4.78, 5) is 12.3. The third kappa shape index (κ3) is 6.22. The summed E-state index contributed by atoms with van der Waals surface area (Å²) in [7, 11) is 0. The smallest absolute Gasteiger partial charge is 0.333 e. The van der Waals surface area contributed by atoms with Crippen LogP contribution in [0.15, 0.2) is 0 Å². The number of nitrogens with zero attached hydrogens (tertiary/aromatic N) is 1. The molecule has 0 aromatic heterocycles. The molecule has 0 bridgehead atoms. The van der Waals surface area contributed by atoms with Crippen molar-refractivity contribution in [1.82, 2.24) is 4.90 Å². The van der Waals surface area contributed by atoms with Crippen LogP contribution in [0.3, 0.4) is 0 Å². The summed E-state index contributed by atoms with van der Waals surface area (Å²) >= 11 is 1.51. The van der Waals surface area contributed by atoms with Gasteiger partial charge in [0.15, 0.2) is 0 Å². The molecule has 0 aliphatic carbocycles. The molecule has 0 aromatic carbocycles. The minimum absolute atomic E-state index is 0.0192. The lowest BCUT2D eigenvalue weighted by Gasteiger charge is -2.25. The van der Waals surface area contributed by atoms with Crippen LogP contribution in [0, 0.1) is 0 Å². The number of halogens is 3. The third-order valence-corrected chi connectivity index (χ3v) is 2.66. The number of carbonyl (C=O) groups is 1. The van der Waals surface area contributed by atoms with E-state index in [1.807, 2.05) is 6.26 Å². The van der Waals surface area contributed by atoms with E-state index in [0.717, 1.165) is 4.90 Å². The van der Waals surface area contributed by atoms with Gasteiger partial charge in [-0.25, -0.2) is 0 Å². The molecule has 0 rings (SSSR count). The van der Waals surface area contributed by atoms with Gasteiger partial charge in [-0.2, -0.15) is 24.9 Å². The molecule has 0 aromatic rings. The Hall–Kier alpha value is -0.430. The lowest BCUT2D eigenvalue weighted by Crippen LogP contribution is -2.47. The molecule has 1 amide bonds. The summed E-state index contributed by atoms with van der Waals surface area (Å²) in [5.41, 5.74) is 5.53. The number of rotatable bonds is 6. The van der Waals surface area contributed by atoms with Gasteiger partial charge in [-0.3, -0.25) is 4.79 Å². The van der Waals surface area contributed by atoms with Crippen molar-refractivity contribution < 1.29 is 18.0 Å². The Kier molecular flexibility index (Phi) is 6.82. The fraction of sp³-hybridized carbons (Fsp3) is 0.889. The van der Waals surface area contributed by atoms with E-state index < -0.39 is 24.7 Å². The Balaban J connectivity index is 4.30. The normalized spacial score (nSPS) is 13.6. The Morgan fingerprint density at radius 3 is 2.44 bits per heavy atom. The highest BCUT2D eigenvalue weighted by Crippen LogP contribution is 2.17. The maximum absolute atomic E-state index is 12.1. The molecular formula is C9H17F3N2OS. The zero-order valence-corrected chi connectivity index (χ0v) is 10.2. The summed E-state index contributed by atoms with van der Waals surface area (Å²) in [5.74, 6) is 0.0325. The van der Waals surface area contributed by atoms with Crippen LogP contribution in [-0.2, 0) is 4.79 Å². The number of hydrogen-bond acceptors (Lipinski definition) is 3. The summed E-state index contributed by atoms with van der Waals surface area (Å²) in [6.07, 6.45) is -2.12. The number of alkyl halides is 3. The van der Waals surface area contributed by atoms with E-state index in [0.29, 0.717) is 12.2 Å². The van der Waals surface area contributed by atoms with Crippen LogP contribution in [0.4, 0.5) is 13.2 Å². The van der Waals surface area contributed by atoms with Gasteiger partial charge in [0, 0.05) is 6.54 Å². The lowest BCUT2D eigenvalue weighted by molar-refractivity contribution is -0.161. The van der Waals surface area contributed by atoms with E-state index in [4.69, 9.17) is 5.73 Å². The molecule has 0 radical (unpaired) electrons. The molecule has 0 spiro atoms. The molecule has 2 N–H and O–H groups in total. The molecule has 0 unspecified atom stereocenters. The van der Waals surface area contributed by atoms with Gasteiger partial charge in [0.25, 0.3) is 0 Å². The van der Waals surface area contributed by atoms with E-state index >= 15 is 0 Å². The average molecular weight is 258 g/mol. The summed E-state index contributed by atoms with van der Waals surface area (Å²) in [5, 5.41) is 0. The van der Waals surface area contributed by atoms with Crippen molar-refractivity contribution >= 4 is 17.7 Å². The molecule has 0 aliphatic rings. The second-order valence-electron chi connectivity index (χ2n) is 3.36. The van der Waals surface area contributed by atoms with Gasteiger partial charge >= 0.3 is 6.18 Å². The van der Waals surface area contributed by atoms with Crippen molar-refractivity contribution in [3.63, 3.8) is 0 Å². The first-order valence-electron chi connectivity index (χ1n) is 4.91. The van der Waals surface area contributed by atoms with Crippen molar-refractivity contribution in [3.8, 4) is 0 Å². The highest BCUT2D eigenvalue weighted by molar-refractivity contribution is 7.98. The minimum Gasteiger partial charge on any atom is -0.333 e. The molecule has 3 nitrogen and oxygen atoms in total. The molecule has 7 heteroatoms. The molecule has 0 heterocycles. The van der Waals surface area contributed by atoms with Gasteiger partial charge in [-0.15, -0.1) is 0 Å². The van der Waals surface area contributed by atoms with E-state index in [1.54, 1.807) is 0 Å². The Bertz CT molecular complexity index is 223. The highest BCUT2D eigenvalue weighted by atomic mass is 32.2. The SMILES string of the molecule is CCN(CC(F)(F)F)C(=O)[C@@H](N)CCSC. The Morgan fingerprint density at radius 1 is 1.50 bits per heavy atom. The lowest BCUT2D eigenvalue weighted by atomic mass is 10.2. The first-order chi connectivity index (χ1) is 7.31. The largest absolute Gasteiger partial charge is 0.406 e. The van der Waals surface area contributed by atoms with Crippen molar-refractivity contribution in [2.75, 3.05) is 25.1 Å². The van der Waals surface area contributed by atoms with Gasteiger partial charge in [-0.05, 0) is 25.4 Å². The van der Waals surface area contributed by atoms with Gasteiger partial charge in [0.05, 0.1) is 6.04 Å².